The first-order valence-corrected chi connectivity index (χ1v) is 11.7. The van der Waals surface area contributed by atoms with Crippen LogP contribution in [0.2, 0.25) is 10.0 Å². The maximum atomic E-state index is 12.2. The highest BCUT2D eigenvalue weighted by molar-refractivity contribution is 6.42. The molecule has 1 aliphatic carbocycles. The highest BCUT2D eigenvalue weighted by atomic mass is 35.5. The molecule has 0 radical (unpaired) electrons. The molecule has 1 aromatic carbocycles. The molecule has 0 spiro atoms. The van der Waals surface area contributed by atoms with Crippen LogP contribution in [0.1, 0.15) is 97.0 Å². The van der Waals surface area contributed by atoms with Crippen molar-refractivity contribution in [3.05, 3.63) is 33.8 Å². The molecule has 27 heavy (non-hydrogen) atoms. The van der Waals surface area contributed by atoms with E-state index in [1.165, 1.54) is 69.8 Å². The lowest BCUT2D eigenvalue weighted by Gasteiger charge is -2.23. The SMILES string of the molecule is CCCCCCCC(C)C(=O)C1CCCCC1.CCc1ccc(Cl)c(Cl)c1. The molecule has 1 atom stereocenters. The topological polar surface area (TPSA) is 17.1 Å². The van der Waals surface area contributed by atoms with E-state index >= 15 is 0 Å². The van der Waals surface area contributed by atoms with Gasteiger partial charge < -0.3 is 0 Å². The minimum Gasteiger partial charge on any atom is -0.299 e. The standard InChI is InChI=1S/C16H30O.C8H8Cl2/c1-3-4-5-6-8-11-14(2)16(17)15-12-9-7-10-13-15;1-2-6-3-4-7(9)8(10)5-6/h14-15H,3-13H2,1-2H3;3-5H,2H2,1H3. The third kappa shape index (κ3) is 9.99. The number of carbonyl (C=O) groups excluding carboxylic acids is 1. The molecular formula is C24H38Cl2O. The summed E-state index contributed by atoms with van der Waals surface area (Å²) in [4.78, 5) is 12.2. The molecule has 1 unspecified atom stereocenters. The predicted molar refractivity (Wildman–Crippen MR) is 120 cm³/mol. The summed E-state index contributed by atoms with van der Waals surface area (Å²) in [7, 11) is 0. The van der Waals surface area contributed by atoms with E-state index in [1.54, 1.807) is 0 Å². The van der Waals surface area contributed by atoms with Crippen molar-refractivity contribution in [1.29, 1.82) is 0 Å². The highest BCUT2D eigenvalue weighted by Gasteiger charge is 2.24. The monoisotopic (exact) mass is 412 g/mol. The summed E-state index contributed by atoms with van der Waals surface area (Å²) in [5.41, 5.74) is 1.22. The minimum absolute atomic E-state index is 0.319. The third-order valence-corrected chi connectivity index (χ3v) is 6.37. The second kappa shape index (κ2) is 14.5. The van der Waals surface area contributed by atoms with Gasteiger partial charge in [-0.1, -0.05) is 101 Å². The van der Waals surface area contributed by atoms with Crippen LogP contribution in [-0.4, -0.2) is 5.78 Å². The van der Waals surface area contributed by atoms with E-state index in [-0.39, 0.29) is 0 Å². The summed E-state index contributed by atoms with van der Waals surface area (Å²) in [6.45, 7) is 6.48. The zero-order chi connectivity index (χ0) is 20.1. The van der Waals surface area contributed by atoms with Crippen molar-refractivity contribution in [3.63, 3.8) is 0 Å². The molecule has 0 N–H and O–H groups in total. The number of aryl methyl sites for hydroxylation is 1. The fourth-order valence-corrected chi connectivity index (χ4v) is 4.07. The van der Waals surface area contributed by atoms with E-state index in [2.05, 4.69) is 20.8 Å². The first-order chi connectivity index (χ1) is 13.0. The molecule has 2 rings (SSSR count). The van der Waals surface area contributed by atoms with Gasteiger partial charge in [0.05, 0.1) is 10.0 Å². The van der Waals surface area contributed by atoms with E-state index in [0.29, 0.717) is 27.7 Å². The van der Waals surface area contributed by atoms with Crippen LogP contribution in [0.25, 0.3) is 0 Å². The van der Waals surface area contributed by atoms with E-state index in [0.717, 1.165) is 12.8 Å². The summed E-state index contributed by atoms with van der Waals surface area (Å²) < 4.78 is 0. The fourth-order valence-electron chi connectivity index (χ4n) is 3.75. The Morgan fingerprint density at radius 2 is 1.67 bits per heavy atom. The van der Waals surface area contributed by atoms with E-state index in [4.69, 9.17) is 23.2 Å². The summed E-state index contributed by atoms with van der Waals surface area (Å²) in [5.74, 6) is 1.30. The van der Waals surface area contributed by atoms with Crippen molar-refractivity contribution in [2.24, 2.45) is 11.8 Å². The largest absolute Gasteiger partial charge is 0.299 e. The lowest BCUT2D eigenvalue weighted by atomic mass is 9.81. The third-order valence-electron chi connectivity index (χ3n) is 5.63. The van der Waals surface area contributed by atoms with E-state index in [9.17, 15) is 4.79 Å². The van der Waals surface area contributed by atoms with Crippen molar-refractivity contribution < 1.29 is 4.79 Å². The van der Waals surface area contributed by atoms with Gasteiger partial charge in [0.25, 0.3) is 0 Å². The Kier molecular flexibility index (Phi) is 13.1. The Hall–Kier alpha value is -0.530. The number of carbonyl (C=O) groups is 1. The van der Waals surface area contributed by atoms with Crippen LogP contribution in [0, 0.1) is 11.8 Å². The van der Waals surface area contributed by atoms with Crippen LogP contribution in [0.3, 0.4) is 0 Å². The van der Waals surface area contributed by atoms with E-state index in [1.807, 2.05) is 18.2 Å². The van der Waals surface area contributed by atoms with Crippen molar-refractivity contribution in [3.8, 4) is 0 Å². The van der Waals surface area contributed by atoms with Gasteiger partial charge in [-0.05, 0) is 43.4 Å². The van der Waals surface area contributed by atoms with E-state index < -0.39 is 0 Å². The Balaban J connectivity index is 0.000000309. The highest BCUT2D eigenvalue weighted by Crippen LogP contribution is 2.28. The lowest BCUT2D eigenvalue weighted by molar-refractivity contribution is -0.127. The van der Waals surface area contributed by atoms with Crippen LogP contribution in [0.15, 0.2) is 18.2 Å². The predicted octanol–water partition coefficient (Wildman–Crippen LogP) is 8.69. The first kappa shape index (κ1) is 24.5. The van der Waals surface area contributed by atoms with Gasteiger partial charge in [0.2, 0.25) is 0 Å². The van der Waals surface area contributed by atoms with Crippen LogP contribution >= 0.6 is 23.2 Å². The molecule has 0 amide bonds. The number of ketones is 1. The molecule has 0 heterocycles. The van der Waals surface area contributed by atoms with Gasteiger partial charge in [0.15, 0.2) is 0 Å². The summed E-state index contributed by atoms with van der Waals surface area (Å²) >= 11 is 11.5. The first-order valence-electron chi connectivity index (χ1n) is 11.0. The Labute approximate surface area is 177 Å². The number of benzene rings is 1. The molecule has 1 fully saturated rings. The van der Waals surface area contributed by atoms with Crippen LogP contribution in [-0.2, 0) is 11.2 Å². The fraction of sp³-hybridized carbons (Fsp3) is 0.708. The Morgan fingerprint density at radius 3 is 2.26 bits per heavy atom. The van der Waals surface area contributed by atoms with Gasteiger partial charge in [0, 0.05) is 11.8 Å². The molecule has 0 bridgehead atoms. The molecule has 154 valence electrons. The molecule has 3 heteroatoms. The summed E-state index contributed by atoms with van der Waals surface area (Å²) in [6, 6.07) is 5.70. The van der Waals surface area contributed by atoms with Crippen LogP contribution in [0.4, 0.5) is 0 Å². The van der Waals surface area contributed by atoms with Gasteiger partial charge >= 0.3 is 0 Å². The van der Waals surface area contributed by atoms with Gasteiger partial charge in [-0.3, -0.25) is 4.79 Å². The molecule has 0 saturated heterocycles. The van der Waals surface area contributed by atoms with Crippen molar-refractivity contribution in [1.82, 2.24) is 0 Å². The van der Waals surface area contributed by atoms with Crippen molar-refractivity contribution in [2.75, 3.05) is 0 Å². The number of hydrogen-bond donors (Lipinski definition) is 0. The second-order valence-electron chi connectivity index (χ2n) is 7.94. The number of hydrogen-bond acceptors (Lipinski definition) is 1. The lowest BCUT2D eigenvalue weighted by Crippen LogP contribution is -2.23. The molecular weight excluding hydrogens is 375 g/mol. The normalized spacial score (nSPS) is 15.7. The number of rotatable bonds is 9. The average Bonchev–Trinajstić information content (AvgIpc) is 2.70. The maximum absolute atomic E-state index is 12.2. The van der Waals surface area contributed by atoms with Gasteiger partial charge in [-0.15, -0.1) is 0 Å². The van der Waals surface area contributed by atoms with Gasteiger partial charge in [-0.2, -0.15) is 0 Å². The minimum atomic E-state index is 0.319. The molecule has 1 saturated carbocycles. The van der Waals surface area contributed by atoms with Crippen molar-refractivity contribution >= 4 is 29.0 Å². The zero-order valence-electron chi connectivity index (χ0n) is 17.5. The quantitative estimate of drug-likeness (QED) is 0.370. The maximum Gasteiger partial charge on any atom is 0.138 e. The average molecular weight is 413 g/mol. The smallest absolute Gasteiger partial charge is 0.138 e. The molecule has 0 aromatic heterocycles. The number of unbranched alkanes of at least 4 members (excludes halogenated alkanes) is 4. The Bertz CT molecular complexity index is 535. The van der Waals surface area contributed by atoms with Crippen LogP contribution in [0.5, 0.6) is 0 Å². The Morgan fingerprint density at radius 1 is 1.00 bits per heavy atom. The second-order valence-corrected chi connectivity index (χ2v) is 8.76. The van der Waals surface area contributed by atoms with Gasteiger partial charge in [0.1, 0.15) is 5.78 Å². The zero-order valence-corrected chi connectivity index (χ0v) is 19.0. The van der Waals surface area contributed by atoms with Crippen LogP contribution < -0.4 is 0 Å². The molecule has 1 aliphatic rings. The molecule has 1 nitrogen and oxygen atoms in total. The summed E-state index contributed by atoms with van der Waals surface area (Å²) in [5, 5.41) is 1.26. The molecule has 1 aromatic rings. The van der Waals surface area contributed by atoms with Gasteiger partial charge in [-0.25, -0.2) is 0 Å². The number of Topliss-reactive ketones (excluding diaryl/α,β-unsaturated/α-hetero) is 1. The molecule has 0 aliphatic heterocycles. The number of halogens is 2. The summed E-state index contributed by atoms with van der Waals surface area (Å²) in [6.07, 6.45) is 14.9. The van der Waals surface area contributed by atoms with Crippen molar-refractivity contribution in [2.45, 2.75) is 97.8 Å².